The Balaban J connectivity index is 1.22. The minimum absolute atomic E-state index is 0.991. The second-order valence-corrected chi connectivity index (χ2v) is 14.6. The molecular weight excluding hydrogens is 675 g/mol. The normalized spacial score (nSPS) is 11.6. The molecule has 56 heavy (non-hydrogen) atoms. The van der Waals surface area contributed by atoms with E-state index in [1.165, 1.54) is 81.7 Å². The van der Waals surface area contributed by atoms with Gasteiger partial charge >= 0.3 is 0 Å². The third-order valence-electron chi connectivity index (χ3n) is 11.4. The average molecular weight is 710 g/mol. The molecule has 1 heteroatoms. The van der Waals surface area contributed by atoms with Crippen LogP contribution in [-0.2, 0) is 0 Å². The van der Waals surface area contributed by atoms with Crippen LogP contribution in [0.3, 0.4) is 0 Å². The highest BCUT2D eigenvalue weighted by molar-refractivity contribution is 6.35. The van der Waals surface area contributed by atoms with Crippen LogP contribution >= 0.6 is 0 Å². The molecule has 0 saturated carbocycles. The smallest absolute Gasteiger partial charge is 0.0788 e. The van der Waals surface area contributed by atoms with Gasteiger partial charge in [0.1, 0.15) is 0 Å². The van der Waals surface area contributed by atoms with Crippen molar-refractivity contribution >= 4 is 75.9 Å². The van der Waals surface area contributed by atoms with Crippen LogP contribution in [0.1, 0.15) is 22.3 Å². The summed E-state index contributed by atoms with van der Waals surface area (Å²) < 4.78 is 0. The fraction of sp³-hybridized carbons (Fsp3) is 0. The van der Waals surface area contributed by atoms with Gasteiger partial charge in [0.15, 0.2) is 0 Å². The summed E-state index contributed by atoms with van der Waals surface area (Å²) >= 11 is 0. The van der Waals surface area contributed by atoms with E-state index < -0.39 is 0 Å². The van der Waals surface area contributed by atoms with Crippen LogP contribution in [-0.4, -0.2) is 4.98 Å². The van der Waals surface area contributed by atoms with Crippen LogP contribution in [0.2, 0.25) is 0 Å². The molecule has 260 valence electrons. The van der Waals surface area contributed by atoms with Gasteiger partial charge in [-0.05, 0) is 82.6 Å². The molecular formula is C55H35N. The Hall–Kier alpha value is -7.35. The average Bonchev–Trinajstić information content (AvgIpc) is 3.28. The summed E-state index contributed by atoms with van der Waals surface area (Å²) in [5.74, 6) is 0. The molecule has 11 aromatic rings. The Morgan fingerprint density at radius 1 is 0.268 bits per heavy atom. The molecule has 1 nitrogen and oxygen atoms in total. The van der Waals surface area contributed by atoms with Crippen molar-refractivity contribution in [2.45, 2.75) is 0 Å². The predicted molar refractivity (Wildman–Crippen MR) is 239 cm³/mol. The van der Waals surface area contributed by atoms with E-state index in [1.54, 1.807) is 0 Å². The van der Waals surface area contributed by atoms with Crippen LogP contribution in [0.15, 0.2) is 212 Å². The largest absolute Gasteiger partial charge is 0.247 e. The number of aromatic nitrogens is 1. The summed E-state index contributed by atoms with van der Waals surface area (Å²) in [6.07, 6.45) is 0. The molecule has 0 atom stereocenters. The molecule has 0 bridgehead atoms. The molecule has 0 N–H and O–H groups in total. The first-order valence-electron chi connectivity index (χ1n) is 19.3. The van der Waals surface area contributed by atoms with E-state index in [0.717, 1.165) is 27.7 Å². The third-order valence-corrected chi connectivity index (χ3v) is 11.4. The van der Waals surface area contributed by atoms with Crippen LogP contribution in [0.25, 0.3) is 87.2 Å². The number of benzene rings is 10. The molecule has 10 aromatic carbocycles. The van der Waals surface area contributed by atoms with Crippen molar-refractivity contribution in [1.29, 1.82) is 0 Å². The van der Waals surface area contributed by atoms with Crippen molar-refractivity contribution in [1.82, 2.24) is 4.98 Å². The number of nitrogens with zero attached hydrogens (tertiary/aromatic N) is 1. The Morgan fingerprint density at radius 3 is 1.21 bits per heavy atom. The van der Waals surface area contributed by atoms with Gasteiger partial charge in [0.05, 0.1) is 11.2 Å². The summed E-state index contributed by atoms with van der Waals surface area (Å²) in [6.45, 7) is 0. The van der Waals surface area contributed by atoms with Gasteiger partial charge in [0.25, 0.3) is 0 Å². The minimum Gasteiger partial charge on any atom is -0.247 e. The van der Waals surface area contributed by atoms with E-state index in [0.29, 0.717) is 0 Å². The number of rotatable bonds is 5. The lowest BCUT2D eigenvalue weighted by atomic mass is 9.85. The maximum atomic E-state index is 5.57. The lowest BCUT2D eigenvalue weighted by molar-refractivity contribution is 1.43. The Morgan fingerprint density at radius 2 is 0.679 bits per heavy atom. The molecule has 0 amide bonds. The number of hydrogen-bond acceptors (Lipinski definition) is 1. The highest BCUT2D eigenvalue weighted by Gasteiger charge is 2.20. The first kappa shape index (κ1) is 32.1. The first-order chi connectivity index (χ1) is 27.8. The van der Waals surface area contributed by atoms with Gasteiger partial charge < -0.3 is 0 Å². The monoisotopic (exact) mass is 709 g/mol. The van der Waals surface area contributed by atoms with Crippen molar-refractivity contribution in [2.24, 2.45) is 0 Å². The molecule has 0 radical (unpaired) electrons. The van der Waals surface area contributed by atoms with Crippen LogP contribution < -0.4 is 0 Å². The van der Waals surface area contributed by atoms with Gasteiger partial charge in [-0.25, -0.2) is 4.98 Å². The highest BCUT2D eigenvalue weighted by Crippen LogP contribution is 2.44. The fourth-order valence-electron chi connectivity index (χ4n) is 8.91. The SMILES string of the molecule is c1ccc(C(=C(c2ccccc2)c2ccc(-c3nc4ccc5ccc6ccccc6c5c4c4c3ccc3ccc5ccccc5c34)cc2)c2ccccc2)cc1. The maximum absolute atomic E-state index is 5.57. The van der Waals surface area contributed by atoms with Crippen molar-refractivity contribution in [3.05, 3.63) is 235 Å². The zero-order valence-electron chi connectivity index (χ0n) is 30.7. The summed E-state index contributed by atoms with van der Waals surface area (Å²) in [7, 11) is 0. The molecule has 0 spiro atoms. The molecule has 1 heterocycles. The summed E-state index contributed by atoms with van der Waals surface area (Å²) in [5.41, 5.74) is 10.2. The minimum atomic E-state index is 0.991. The number of hydrogen-bond donors (Lipinski definition) is 0. The lowest BCUT2D eigenvalue weighted by Gasteiger charge is -2.19. The van der Waals surface area contributed by atoms with Crippen LogP contribution in [0.4, 0.5) is 0 Å². The molecule has 0 saturated heterocycles. The van der Waals surface area contributed by atoms with Gasteiger partial charge in [-0.1, -0.05) is 206 Å². The first-order valence-corrected chi connectivity index (χ1v) is 19.3. The maximum Gasteiger partial charge on any atom is 0.0788 e. The van der Waals surface area contributed by atoms with E-state index in [9.17, 15) is 0 Å². The standard InChI is InChI=1S/C55H35N/c1-4-16-38(17-5-1)49(39-18-6-2-7-19-39)50(40-20-8-3-9-21-40)41-28-30-44(31-29-41)55-47-34-32-42-26-24-36-14-10-12-22-45(36)51(42)53(47)54-48(56-55)35-33-43-27-25-37-15-11-13-23-46(37)52(43)54/h1-35H. The molecule has 0 aliphatic heterocycles. The van der Waals surface area contributed by atoms with E-state index in [-0.39, 0.29) is 0 Å². The highest BCUT2D eigenvalue weighted by atomic mass is 14.7. The molecule has 0 fully saturated rings. The summed E-state index contributed by atoms with van der Waals surface area (Å²) in [6, 6.07) is 77.0. The van der Waals surface area contributed by atoms with E-state index in [1.807, 2.05) is 0 Å². The van der Waals surface area contributed by atoms with Crippen molar-refractivity contribution in [3.63, 3.8) is 0 Å². The Bertz CT molecular complexity index is 3270. The quantitative estimate of drug-likeness (QED) is 0.128. The van der Waals surface area contributed by atoms with Crippen LogP contribution in [0, 0.1) is 0 Å². The zero-order valence-corrected chi connectivity index (χ0v) is 30.7. The molecule has 1 aromatic heterocycles. The van der Waals surface area contributed by atoms with Crippen molar-refractivity contribution < 1.29 is 0 Å². The molecule has 0 unspecified atom stereocenters. The third kappa shape index (κ3) is 5.21. The Kier molecular flexibility index (Phi) is 7.57. The molecule has 0 aliphatic carbocycles. The van der Waals surface area contributed by atoms with Gasteiger partial charge in [-0.3, -0.25) is 0 Å². The summed E-state index contributed by atoms with van der Waals surface area (Å²) in [5, 5.41) is 13.6. The predicted octanol–water partition coefficient (Wildman–Crippen LogP) is 14.7. The molecule has 11 rings (SSSR count). The zero-order chi connectivity index (χ0) is 37.0. The van der Waals surface area contributed by atoms with Crippen LogP contribution in [0.5, 0.6) is 0 Å². The molecule has 0 aliphatic rings. The topological polar surface area (TPSA) is 12.9 Å². The lowest BCUT2D eigenvalue weighted by Crippen LogP contribution is -1.98. The Labute approximate surface area is 325 Å². The fourth-order valence-corrected chi connectivity index (χ4v) is 8.91. The van der Waals surface area contributed by atoms with Crippen molar-refractivity contribution in [3.8, 4) is 11.3 Å². The van der Waals surface area contributed by atoms with Crippen molar-refractivity contribution in [2.75, 3.05) is 0 Å². The number of fused-ring (bicyclic) bond motifs is 11. The second kappa shape index (κ2) is 13.2. The van der Waals surface area contributed by atoms with E-state index in [2.05, 4.69) is 212 Å². The van der Waals surface area contributed by atoms with Gasteiger partial charge in [0.2, 0.25) is 0 Å². The second-order valence-electron chi connectivity index (χ2n) is 14.6. The van der Waals surface area contributed by atoms with E-state index >= 15 is 0 Å². The number of pyridine rings is 1. The van der Waals surface area contributed by atoms with Gasteiger partial charge in [-0.15, -0.1) is 0 Å². The van der Waals surface area contributed by atoms with Gasteiger partial charge in [-0.2, -0.15) is 0 Å². The summed E-state index contributed by atoms with van der Waals surface area (Å²) in [4.78, 5) is 5.57. The van der Waals surface area contributed by atoms with E-state index in [4.69, 9.17) is 4.98 Å². The van der Waals surface area contributed by atoms with Gasteiger partial charge in [0, 0.05) is 21.7 Å².